The first kappa shape index (κ1) is 9.65. The van der Waals surface area contributed by atoms with Gasteiger partial charge in [0, 0.05) is 17.3 Å². The highest BCUT2D eigenvalue weighted by molar-refractivity contribution is 5.74. The molecular formula is C12H13NO2. The zero-order chi connectivity index (χ0) is 10.8. The van der Waals surface area contributed by atoms with E-state index in [4.69, 9.17) is 14.9 Å². The molecule has 0 aliphatic heterocycles. The van der Waals surface area contributed by atoms with Gasteiger partial charge in [0.15, 0.2) is 0 Å². The smallest absolute Gasteiger partial charge is 0.136 e. The number of hydrogen-bond donors (Lipinski definition) is 1. The molecule has 0 saturated heterocycles. The summed E-state index contributed by atoms with van der Waals surface area (Å²) in [5.74, 6) is 2.41. The van der Waals surface area contributed by atoms with E-state index >= 15 is 0 Å². The third-order valence-corrected chi connectivity index (χ3v) is 2.26. The van der Waals surface area contributed by atoms with E-state index in [-0.39, 0.29) is 0 Å². The standard InChI is InChI=1S/C12H13NO2/c1-8-3-6-12(15-8)10-5-4-9(14-2)7-11(10)13/h3-7H,13H2,1-2H3. The summed E-state index contributed by atoms with van der Waals surface area (Å²) in [6.07, 6.45) is 0. The third kappa shape index (κ3) is 1.81. The number of benzene rings is 1. The van der Waals surface area contributed by atoms with Crippen molar-refractivity contribution in [2.45, 2.75) is 6.92 Å². The molecule has 0 aliphatic carbocycles. The van der Waals surface area contributed by atoms with Crippen LogP contribution in [0, 0.1) is 6.92 Å². The van der Waals surface area contributed by atoms with Crippen LogP contribution in [0.3, 0.4) is 0 Å². The zero-order valence-electron chi connectivity index (χ0n) is 8.78. The Bertz CT molecular complexity index is 474. The summed E-state index contributed by atoms with van der Waals surface area (Å²) in [6.45, 7) is 1.91. The Labute approximate surface area is 88.5 Å². The molecule has 2 aromatic rings. The number of anilines is 1. The van der Waals surface area contributed by atoms with Gasteiger partial charge in [0.1, 0.15) is 17.3 Å². The Kier molecular flexibility index (Phi) is 2.37. The van der Waals surface area contributed by atoms with Crippen molar-refractivity contribution >= 4 is 5.69 Å². The van der Waals surface area contributed by atoms with E-state index in [1.165, 1.54) is 0 Å². The maximum Gasteiger partial charge on any atom is 0.136 e. The van der Waals surface area contributed by atoms with E-state index < -0.39 is 0 Å². The van der Waals surface area contributed by atoms with Crippen LogP contribution in [-0.4, -0.2) is 7.11 Å². The first-order valence-corrected chi connectivity index (χ1v) is 4.71. The van der Waals surface area contributed by atoms with Crippen LogP contribution in [0.25, 0.3) is 11.3 Å². The summed E-state index contributed by atoms with van der Waals surface area (Å²) in [6, 6.07) is 9.37. The van der Waals surface area contributed by atoms with E-state index in [0.717, 1.165) is 22.8 Å². The monoisotopic (exact) mass is 203 g/mol. The molecule has 0 bridgehead atoms. The van der Waals surface area contributed by atoms with Gasteiger partial charge in [-0.3, -0.25) is 0 Å². The molecule has 0 spiro atoms. The minimum Gasteiger partial charge on any atom is -0.497 e. The Balaban J connectivity index is 2.45. The molecule has 78 valence electrons. The molecule has 0 unspecified atom stereocenters. The molecule has 3 heteroatoms. The Morgan fingerprint density at radius 1 is 1.20 bits per heavy atom. The first-order valence-electron chi connectivity index (χ1n) is 4.71. The second-order valence-corrected chi connectivity index (χ2v) is 3.36. The van der Waals surface area contributed by atoms with Gasteiger partial charge in [-0.1, -0.05) is 0 Å². The number of nitrogen functional groups attached to an aromatic ring is 1. The third-order valence-electron chi connectivity index (χ3n) is 2.26. The van der Waals surface area contributed by atoms with Gasteiger partial charge in [-0.15, -0.1) is 0 Å². The molecular weight excluding hydrogens is 190 g/mol. The fraction of sp³-hybridized carbons (Fsp3) is 0.167. The number of rotatable bonds is 2. The molecule has 3 nitrogen and oxygen atoms in total. The van der Waals surface area contributed by atoms with Crippen LogP contribution < -0.4 is 10.5 Å². The highest BCUT2D eigenvalue weighted by atomic mass is 16.5. The molecule has 0 radical (unpaired) electrons. The van der Waals surface area contributed by atoms with Crippen molar-refractivity contribution in [2.75, 3.05) is 12.8 Å². The summed E-state index contributed by atoms with van der Waals surface area (Å²) < 4.78 is 10.6. The van der Waals surface area contributed by atoms with E-state index in [0.29, 0.717) is 5.69 Å². The average Bonchev–Trinajstić information content (AvgIpc) is 2.64. The van der Waals surface area contributed by atoms with Crippen LogP contribution in [0.2, 0.25) is 0 Å². The molecule has 0 saturated carbocycles. The van der Waals surface area contributed by atoms with Crippen molar-refractivity contribution in [3.05, 3.63) is 36.1 Å². The molecule has 1 aromatic heterocycles. The lowest BCUT2D eigenvalue weighted by molar-refractivity contribution is 0.415. The number of nitrogens with two attached hydrogens (primary N) is 1. The maximum atomic E-state index is 5.90. The van der Waals surface area contributed by atoms with Crippen molar-refractivity contribution in [3.63, 3.8) is 0 Å². The van der Waals surface area contributed by atoms with Crippen LogP contribution in [0.5, 0.6) is 5.75 Å². The van der Waals surface area contributed by atoms with Crippen LogP contribution in [0.1, 0.15) is 5.76 Å². The van der Waals surface area contributed by atoms with Gasteiger partial charge >= 0.3 is 0 Å². The van der Waals surface area contributed by atoms with Crippen LogP contribution in [0.15, 0.2) is 34.7 Å². The molecule has 1 heterocycles. The van der Waals surface area contributed by atoms with Crippen molar-refractivity contribution < 1.29 is 9.15 Å². The zero-order valence-corrected chi connectivity index (χ0v) is 8.78. The van der Waals surface area contributed by atoms with Gasteiger partial charge < -0.3 is 14.9 Å². The molecule has 0 amide bonds. The maximum absolute atomic E-state index is 5.90. The molecule has 0 aliphatic rings. The van der Waals surface area contributed by atoms with Gasteiger partial charge in [-0.25, -0.2) is 0 Å². The quantitative estimate of drug-likeness (QED) is 0.763. The van der Waals surface area contributed by atoms with Crippen molar-refractivity contribution in [1.29, 1.82) is 0 Å². The van der Waals surface area contributed by atoms with Crippen LogP contribution in [0.4, 0.5) is 5.69 Å². The van der Waals surface area contributed by atoms with E-state index in [1.54, 1.807) is 13.2 Å². The van der Waals surface area contributed by atoms with E-state index in [2.05, 4.69) is 0 Å². The summed E-state index contributed by atoms with van der Waals surface area (Å²) in [5, 5.41) is 0. The van der Waals surface area contributed by atoms with Gasteiger partial charge in [0.25, 0.3) is 0 Å². The van der Waals surface area contributed by atoms with Gasteiger partial charge in [-0.2, -0.15) is 0 Å². The topological polar surface area (TPSA) is 48.4 Å². The summed E-state index contributed by atoms with van der Waals surface area (Å²) in [4.78, 5) is 0. The molecule has 15 heavy (non-hydrogen) atoms. The fourth-order valence-electron chi connectivity index (χ4n) is 1.47. The summed E-state index contributed by atoms with van der Waals surface area (Å²) in [5.41, 5.74) is 7.45. The van der Waals surface area contributed by atoms with E-state index in [9.17, 15) is 0 Å². The van der Waals surface area contributed by atoms with E-state index in [1.807, 2.05) is 31.2 Å². The lowest BCUT2D eigenvalue weighted by Crippen LogP contribution is -1.91. The van der Waals surface area contributed by atoms with Gasteiger partial charge in [0.2, 0.25) is 0 Å². The highest BCUT2D eigenvalue weighted by Gasteiger charge is 2.07. The Morgan fingerprint density at radius 3 is 2.53 bits per heavy atom. The Hall–Kier alpha value is -1.90. The lowest BCUT2D eigenvalue weighted by Gasteiger charge is -2.05. The molecule has 0 fully saturated rings. The average molecular weight is 203 g/mol. The molecule has 1 aromatic carbocycles. The van der Waals surface area contributed by atoms with Crippen LogP contribution >= 0.6 is 0 Å². The predicted molar refractivity (Wildman–Crippen MR) is 59.8 cm³/mol. The number of methoxy groups -OCH3 is 1. The van der Waals surface area contributed by atoms with Gasteiger partial charge in [0.05, 0.1) is 7.11 Å². The SMILES string of the molecule is COc1ccc(-c2ccc(C)o2)c(N)c1. The second kappa shape index (κ2) is 3.69. The molecule has 2 N–H and O–H groups in total. The number of ether oxygens (including phenoxy) is 1. The molecule has 0 atom stereocenters. The summed E-state index contributed by atoms with van der Waals surface area (Å²) in [7, 11) is 1.62. The fourth-order valence-corrected chi connectivity index (χ4v) is 1.47. The predicted octanol–water partition coefficient (Wildman–Crippen LogP) is 2.85. The minimum absolute atomic E-state index is 0.656. The Morgan fingerprint density at radius 2 is 2.00 bits per heavy atom. The van der Waals surface area contributed by atoms with Crippen molar-refractivity contribution in [3.8, 4) is 17.1 Å². The number of furan rings is 1. The first-order chi connectivity index (χ1) is 7.20. The lowest BCUT2D eigenvalue weighted by atomic mass is 10.1. The molecule has 2 rings (SSSR count). The van der Waals surface area contributed by atoms with Crippen LogP contribution in [-0.2, 0) is 0 Å². The van der Waals surface area contributed by atoms with Crippen molar-refractivity contribution in [1.82, 2.24) is 0 Å². The summed E-state index contributed by atoms with van der Waals surface area (Å²) >= 11 is 0. The minimum atomic E-state index is 0.656. The number of hydrogen-bond acceptors (Lipinski definition) is 3. The normalized spacial score (nSPS) is 10.3. The van der Waals surface area contributed by atoms with Gasteiger partial charge in [-0.05, 0) is 31.2 Å². The number of aryl methyl sites for hydroxylation is 1. The van der Waals surface area contributed by atoms with Crippen molar-refractivity contribution in [2.24, 2.45) is 0 Å². The largest absolute Gasteiger partial charge is 0.497 e. The second-order valence-electron chi connectivity index (χ2n) is 3.36. The highest BCUT2D eigenvalue weighted by Crippen LogP contribution is 2.30.